The molecular weight excluding hydrogens is 256 g/mol. The van der Waals surface area contributed by atoms with Gasteiger partial charge in [0.2, 0.25) is 0 Å². The molecule has 0 saturated carbocycles. The van der Waals surface area contributed by atoms with Gasteiger partial charge in [0, 0.05) is 12.1 Å². The van der Waals surface area contributed by atoms with Crippen molar-refractivity contribution in [2.75, 3.05) is 19.7 Å². The number of carboxylic acid groups (broad SMARTS) is 1. The molecule has 108 valence electrons. The summed E-state index contributed by atoms with van der Waals surface area (Å²) < 4.78 is 5.57. The Morgan fingerprint density at radius 2 is 1.95 bits per heavy atom. The first-order valence-electron chi connectivity index (χ1n) is 6.43. The fraction of sp³-hybridized carbons (Fsp3) is 0.467. The van der Waals surface area contributed by atoms with Gasteiger partial charge in [0.25, 0.3) is 0 Å². The Morgan fingerprint density at radius 1 is 1.35 bits per heavy atom. The molecule has 0 heterocycles. The van der Waals surface area contributed by atoms with Crippen molar-refractivity contribution in [3.05, 3.63) is 29.8 Å². The van der Waals surface area contributed by atoms with Gasteiger partial charge in [0.1, 0.15) is 12.4 Å². The molecule has 5 nitrogen and oxygen atoms in total. The summed E-state index contributed by atoms with van der Waals surface area (Å²) in [5.41, 5.74) is 0.353. The average molecular weight is 276 g/mol. The lowest BCUT2D eigenvalue weighted by Gasteiger charge is -2.34. The Hall–Kier alpha value is -2.06. The molecule has 0 fully saturated rings. The highest BCUT2D eigenvalue weighted by molar-refractivity contribution is 5.69. The van der Waals surface area contributed by atoms with E-state index in [4.69, 9.17) is 15.1 Å². The van der Waals surface area contributed by atoms with Gasteiger partial charge < -0.3 is 9.84 Å². The molecule has 0 aromatic heterocycles. The lowest BCUT2D eigenvalue weighted by atomic mass is 10.1. The number of aliphatic carboxylic acids is 1. The number of nitriles is 1. The van der Waals surface area contributed by atoms with Crippen LogP contribution in [0.4, 0.5) is 0 Å². The van der Waals surface area contributed by atoms with Crippen LogP contribution in [0.25, 0.3) is 0 Å². The number of hydrogen-bond donors (Lipinski definition) is 1. The van der Waals surface area contributed by atoms with Gasteiger partial charge in [-0.25, -0.2) is 0 Å². The fourth-order valence-electron chi connectivity index (χ4n) is 1.71. The number of rotatable bonds is 6. The van der Waals surface area contributed by atoms with Crippen LogP contribution in [0.5, 0.6) is 5.75 Å². The second-order valence-corrected chi connectivity index (χ2v) is 5.47. The van der Waals surface area contributed by atoms with Crippen LogP contribution in [0.2, 0.25) is 0 Å². The lowest BCUT2D eigenvalue weighted by Crippen LogP contribution is -2.46. The third-order valence-corrected chi connectivity index (χ3v) is 2.89. The summed E-state index contributed by atoms with van der Waals surface area (Å²) >= 11 is 0. The van der Waals surface area contributed by atoms with Gasteiger partial charge in [-0.05, 0) is 45.0 Å². The van der Waals surface area contributed by atoms with Crippen molar-refractivity contribution in [1.82, 2.24) is 4.90 Å². The monoisotopic (exact) mass is 276 g/mol. The normalized spacial score (nSPS) is 11.2. The van der Waals surface area contributed by atoms with Crippen LogP contribution < -0.4 is 4.74 Å². The first kappa shape index (κ1) is 16.0. The minimum atomic E-state index is -0.849. The molecule has 5 heteroatoms. The standard InChI is InChI=1S/C15H20N2O3/c1-15(2,3)17(11-14(18)19)8-9-20-13-6-4-12(10-16)5-7-13/h4-7H,8-9,11H2,1-3H3,(H,18,19). The van der Waals surface area contributed by atoms with E-state index in [0.717, 1.165) is 0 Å². The van der Waals surface area contributed by atoms with E-state index in [1.165, 1.54) is 0 Å². The minimum Gasteiger partial charge on any atom is -0.492 e. The van der Waals surface area contributed by atoms with Crippen molar-refractivity contribution in [2.24, 2.45) is 0 Å². The quantitative estimate of drug-likeness (QED) is 0.861. The smallest absolute Gasteiger partial charge is 0.317 e. The highest BCUT2D eigenvalue weighted by atomic mass is 16.5. The highest BCUT2D eigenvalue weighted by Gasteiger charge is 2.23. The number of carbonyl (C=O) groups is 1. The molecule has 0 aliphatic heterocycles. The second kappa shape index (κ2) is 6.92. The summed E-state index contributed by atoms with van der Waals surface area (Å²) in [6.45, 7) is 6.82. The minimum absolute atomic E-state index is 0.0137. The molecule has 0 atom stereocenters. The summed E-state index contributed by atoms with van der Waals surface area (Å²) in [5, 5.41) is 17.6. The van der Waals surface area contributed by atoms with E-state index in [-0.39, 0.29) is 12.1 Å². The number of carboxylic acids is 1. The summed E-state index contributed by atoms with van der Waals surface area (Å²) in [5.74, 6) is -0.175. The first-order chi connectivity index (χ1) is 9.32. The first-order valence-corrected chi connectivity index (χ1v) is 6.43. The third-order valence-electron chi connectivity index (χ3n) is 2.89. The number of hydrogen-bond acceptors (Lipinski definition) is 4. The molecule has 1 N–H and O–H groups in total. The second-order valence-electron chi connectivity index (χ2n) is 5.47. The van der Waals surface area contributed by atoms with Crippen LogP contribution in [-0.2, 0) is 4.79 Å². The molecule has 0 radical (unpaired) electrons. The van der Waals surface area contributed by atoms with Crippen molar-refractivity contribution in [3.8, 4) is 11.8 Å². The van der Waals surface area contributed by atoms with E-state index in [1.54, 1.807) is 24.3 Å². The number of nitrogens with zero attached hydrogens (tertiary/aromatic N) is 2. The molecule has 0 unspecified atom stereocenters. The van der Waals surface area contributed by atoms with E-state index in [0.29, 0.717) is 24.5 Å². The van der Waals surface area contributed by atoms with Gasteiger partial charge in [-0.3, -0.25) is 9.69 Å². The summed E-state index contributed by atoms with van der Waals surface area (Å²) in [6.07, 6.45) is 0. The Labute approximate surface area is 119 Å². The zero-order valence-electron chi connectivity index (χ0n) is 12.1. The van der Waals surface area contributed by atoms with Crippen LogP contribution in [0, 0.1) is 11.3 Å². The van der Waals surface area contributed by atoms with E-state index < -0.39 is 5.97 Å². The van der Waals surface area contributed by atoms with Gasteiger partial charge in [-0.2, -0.15) is 5.26 Å². The summed E-state index contributed by atoms with van der Waals surface area (Å²) in [6, 6.07) is 8.88. The maximum Gasteiger partial charge on any atom is 0.317 e. The van der Waals surface area contributed by atoms with Gasteiger partial charge in [0.15, 0.2) is 0 Å². The molecule has 0 bridgehead atoms. The summed E-state index contributed by atoms with van der Waals surface area (Å²) in [7, 11) is 0. The number of benzene rings is 1. The molecular formula is C15H20N2O3. The van der Waals surface area contributed by atoms with Crippen molar-refractivity contribution in [3.63, 3.8) is 0 Å². The van der Waals surface area contributed by atoms with Gasteiger partial charge in [-0.1, -0.05) is 0 Å². The Bertz CT molecular complexity index is 483. The maximum absolute atomic E-state index is 10.8. The van der Waals surface area contributed by atoms with Gasteiger partial charge in [0.05, 0.1) is 18.2 Å². The molecule has 0 spiro atoms. The Kier molecular flexibility index (Phi) is 5.53. The van der Waals surface area contributed by atoms with Crippen LogP contribution in [-0.4, -0.2) is 41.2 Å². The van der Waals surface area contributed by atoms with Crippen molar-refractivity contribution in [1.29, 1.82) is 5.26 Å². The number of ether oxygens (including phenoxy) is 1. The zero-order chi connectivity index (χ0) is 15.2. The third kappa shape index (κ3) is 5.29. The molecule has 1 aromatic carbocycles. The maximum atomic E-state index is 10.8. The topological polar surface area (TPSA) is 73.6 Å². The zero-order valence-corrected chi connectivity index (χ0v) is 12.1. The molecule has 0 aliphatic carbocycles. The highest BCUT2D eigenvalue weighted by Crippen LogP contribution is 2.14. The largest absolute Gasteiger partial charge is 0.492 e. The molecule has 0 amide bonds. The molecule has 20 heavy (non-hydrogen) atoms. The fourth-order valence-corrected chi connectivity index (χ4v) is 1.71. The molecule has 0 aliphatic rings. The predicted molar refractivity (Wildman–Crippen MR) is 75.6 cm³/mol. The van der Waals surface area contributed by atoms with Gasteiger partial charge in [-0.15, -0.1) is 0 Å². The van der Waals surface area contributed by atoms with Crippen LogP contribution >= 0.6 is 0 Å². The van der Waals surface area contributed by atoms with E-state index >= 15 is 0 Å². The molecule has 1 rings (SSSR count). The van der Waals surface area contributed by atoms with Crippen molar-refractivity contribution in [2.45, 2.75) is 26.3 Å². The van der Waals surface area contributed by atoms with Gasteiger partial charge >= 0.3 is 5.97 Å². The molecule has 1 aromatic rings. The van der Waals surface area contributed by atoms with Crippen LogP contribution in [0.15, 0.2) is 24.3 Å². The lowest BCUT2D eigenvalue weighted by molar-refractivity contribution is -0.139. The summed E-state index contributed by atoms with van der Waals surface area (Å²) in [4.78, 5) is 12.7. The van der Waals surface area contributed by atoms with E-state index in [1.807, 2.05) is 31.7 Å². The van der Waals surface area contributed by atoms with Crippen molar-refractivity contribution < 1.29 is 14.6 Å². The van der Waals surface area contributed by atoms with Crippen molar-refractivity contribution >= 4 is 5.97 Å². The SMILES string of the molecule is CC(C)(C)N(CCOc1ccc(C#N)cc1)CC(=O)O. The van der Waals surface area contributed by atoms with E-state index in [9.17, 15) is 4.79 Å². The van der Waals surface area contributed by atoms with E-state index in [2.05, 4.69) is 0 Å². The average Bonchev–Trinajstić information content (AvgIpc) is 2.37. The van der Waals surface area contributed by atoms with Crippen LogP contribution in [0.1, 0.15) is 26.3 Å². The Morgan fingerprint density at radius 3 is 2.40 bits per heavy atom. The Balaban J connectivity index is 2.51. The predicted octanol–water partition coefficient (Wildman–Crippen LogP) is 2.12. The molecule has 0 saturated heterocycles. The van der Waals surface area contributed by atoms with Crippen LogP contribution in [0.3, 0.4) is 0 Å².